The maximum atomic E-state index is 12.8. The van der Waals surface area contributed by atoms with Gasteiger partial charge in [0.25, 0.3) is 0 Å². The normalized spacial score (nSPS) is 11.4. The first kappa shape index (κ1) is 29.3. The molecule has 148 valence electrons. The zero-order valence-electron chi connectivity index (χ0n) is 15.1. The Balaban J connectivity index is 0.00000392. The third-order valence-corrected chi connectivity index (χ3v) is 7.01. The van der Waals surface area contributed by atoms with E-state index in [0.717, 1.165) is 6.07 Å². The van der Waals surface area contributed by atoms with Gasteiger partial charge in [0, 0.05) is 27.8 Å². The second-order valence-corrected chi connectivity index (χ2v) is 9.94. The van der Waals surface area contributed by atoms with Crippen molar-refractivity contribution in [3.63, 3.8) is 0 Å². The average Bonchev–Trinajstić information content (AvgIpc) is 2.57. The van der Waals surface area contributed by atoms with Gasteiger partial charge in [-0.05, 0) is 47.5 Å². The van der Waals surface area contributed by atoms with Crippen molar-refractivity contribution in [3.8, 4) is 0 Å². The fraction of sp³-hybridized carbons (Fsp3) is 0.143. The summed E-state index contributed by atoms with van der Waals surface area (Å²) in [6.45, 7) is 0. The van der Waals surface area contributed by atoms with Crippen molar-refractivity contribution in [2.24, 2.45) is 0 Å². The van der Waals surface area contributed by atoms with E-state index in [1.165, 1.54) is 30.3 Å². The molecule has 15 heteroatoms. The molecule has 0 heterocycles. The summed E-state index contributed by atoms with van der Waals surface area (Å²) in [5.74, 6) is -0.908. The molecule has 0 amide bonds. The summed E-state index contributed by atoms with van der Waals surface area (Å²) in [4.78, 5) is -0.380. The summed E-state index contributed by atoms with van der Waals surface area (Å²) in [7, 11) is -8.71. The van der Waals surface area contributed by atoms with Crippen molar-refractivity contribution in [1.29, 1.82) is 0 Å². The SMILES string of the molecule is O=S(=O)([O-])Cc1cc(S(=O)(=O)c2ccc(Cl)c(CSOO[O-])c2)ccc1Cl.[Li+].[Li+]. The summed E-state index contributed by atoms with van der Waals surface area (Å²) in [6, 6.07) is 7.30. The Morgan fingerprint density at radius 3 is 1.86 bits per heavy atom. The third-order valence-electron chi connectivity index (χ3n) is 3.28. The van der Waals surface area contributed by atoms with Gasteiger partial charge in [0.2, 0.25) is 9.84 Å². The Hall–Kier alpha value is 0.305. The van der Waals surface area contributed by atoms with Crippen LogP contribution >= 0.6 is 35.2 Å². The van der Waals surface area contributed by atoms with Gasteiger partial charge in [0.1, 0.15) is 0 Å². The van der Waals surface area contributed by atoms with Gasteiger partial charge in [0.05, 0.1) is 25.7 Å². The van der Waals surface area contributed by atoms with Gasteiger partial charge < -0.3 is 9.81 Å². The Morgan fingerprint density at radius 2 is 1.38 bits per heavy atom. The first-order chi connectivity index (χ1) is 12.5. The van der Waals surface area contributed by atoms with Crippen LogP contribution in [0, 0.1) is 0 Å². The monoisotopic (exact) mass is 486 g/mol. The van der Waals surface area contributed by atoms with Crippen LogP contribution < -0.4 is 43.0 Å². The van der Waals surface area contributed by atoms with E-state index >= 15 is 0 Å². The van der Waals surface area contributed by atoms with Crippen molar-refractivity contribution >= 4 is 55.2 Å². The molecular formula is C14H10Cl2Li2O8S3. The molecule has 0 saturated carbocycles. The molecule has 2 aromatic rings. The Morgan fingerprint density at radius 1 is 0.897 bits per heavy atom. The van der Waals surface area contributed by atoms with Gasteiger partial charge >= 0.3 is 37.7 Å². The summed E-state index contributed by atoms with van der Waals surface area (Å²) >= 11 is 12.4. The van der Waals surface area contributed by atoms with Crippen LogP contribution in [-0.4, -0.2) is 21.4 Å². The van der Waals surface area contributed by atoms with Crippen LogP contribution in [0.25, 0.3) is 0 Å². The van der Waals surface area contributed by atoms with Crippen molar-refractivity contribution in [2.45, 2.75) is 21.3 Å². The van der Waals surface area contributed by atoms with Gasteiger partial charge in [-0.1, -0.05) is 23.2 Å². The number of benzene rings is 2. The van der Waals surface area contributed by atoms with E-state index in [1.54, 1.807) is 0 Å². The van der Waals surface area contributed by atoms with Crippen LogP contribution in [-0.2, 0) is 40.8 Å². The summed E-state index contributed by atoms with van der Waals surface area (Å²) < 4.78 is 62.7. The summed E-state index contributed by atoms with van der Waals surface area (Å²) in [5.41, 5.74) is 0.231. The number of rotatable bonds is 8. The molecule has 0 aromatic heterocycles. The Kier molecular flexibility index (Phi) is 12.5. The predicted octanol–water partition coefficient (Wildman–Crippen LogP) is -3.75. The minimum Gasteiger partial charge on any atom is -0.748 e. The van der Waals surface area contributed by atoms with Crippen LogP contribution in [0.15, 0.2) is 46.2 Å². The fourth-order valence-electron chi connectivity index (χ4n) is 2.09. The van der Waals surface area contributed by atoms with E-state index in [4.69, 9.17) is 23.2 Å². The molecule has 0 spiro atoms. The molecule has 2 aromatic carbocycles. The molecular weight excluding hydrogens is 477 g/mol. The standard InChI is InChI=1S/C14H12Cl2O8S3.2Li/c15-13-3-1-11(5-9(13)7-25-24-23-17)27(21,22)12-2-4-14(16)10(6-12)8-26(18,19)20;;/h1-6,17H,7-8H2,(H,18,19,20);;/q;2*+1/p-2. The van der Waals surface area contributed by atoms with Gasteiger partial charge in [-0.3, -0.25) is 5.04 Å². The molecule has 0 saturated heterocycles. The van der Waals surface area contributed by atoms with Gasteiger partial charge in [-0.15, -0.1) is 0 Å². The second-order valence-electron chi connectivity index (χ2n) is 5.11. The van der Waals surface area contributed by atoms with Crippen molar-refractivity contribution in [3.05, 3.63) is 57.6 Å². The Bertz CT molecular complexity index is 1050. The van der Waals surface area contributed by atoms with E-state index in [9.17, 15) is 26.6 Å². The quantitative estimate of drug-likeness (QED) is 0.0920. The minimum absolute atomic E-state index is 0. The van der Waals surface area contributed by atoms with E-state index in [0.29, 0.717) is 17.6 Å². The summed E-state index contributed by atoms with van der Waals surface area (Å²) in [6.07, 6.45) is 0. The topological polar surface area (TPSA) is 133 Å². The average molecular weight is 487 g/mol. The second kappa shape index (κ2) is 12.4. The minimum atomic E-state index is -4.65. The zero-order chi connectivity index (χ0) is 20.2. The first-order valence-corrected chi connectivity index (χ1v) is 11.6. The molecule has 0 aliphatic carbocycles. The number of sulfone groups is 1. The summed E-state index contributed by atoms with van der Waals surface area (Å²) in [5, 5.41) is 13.2. The number of hydrogen-bond acceptors (Lipinski definition) is 9. The molecule has 0 aliphatic heterocycles. The number of hydrogen-bond donors (Lipinski definition) is 0. The molecule has 0 N–H and O–H groups in total. The maximum absolute atomic E-state index is 12.8. The predicted molar refractivity (Wildman–Crippen MR) is 95.2 cm³/mol. The Labute approximate surface area is 206 Å². The van der Waals surface area contributed by atoms with Gasteiger partial charge in [-0.25, -0.2) is 16.8 Å². The van der Waals surface area contributed by atoms with Gasteiger partial charge in [0.15, 0.2) is 0 Å². The molecule has 0 atom stereocenters. The van der Waals surface area contributed by atoms with Crippen LogP contribution in [0.2, 0.25) is 10.0 Å². The van der Waals surface area contributed by atoms with Crippen molar-refractivity contribution in [2.75, 3.05) is 0 Å². The molecule has 0 aliphatic rings. The van der Waals surface area contributed by atoms with Crippen molar-refractivity contribution in [1.82, 2.24) is 0 Å². The van der Waals surface area contributed by atoms with E-state index in [-0.39, 0.29) is 68.9 Å². The number of halogens is 2. The van der Waals surface area contributed by atoms with Crippen LogP contribution in [0.3, 0.4) is 0 Å². The maximum Gasteiger partial charge on any atom is 1.00 e. The van der Waals surface area contributed by atoms with E-state index < -0.39 is 25.7 Å². The third kappa shape index (κ3) is 8.39. The molecule has 0 fully saturated rings. The molecule has 8 nitrogen and oxygen atoms in total. The largest absolute Gasteiger partial charge is 1.00 e. The molecule has 0 bridgehead atoms. The van der Waals surface area contributed by atoms with E-state index in [2.05, 4.69) is 9.37 Å². The van der Waals surface area contributed by atoms with Crippen LogP contribution in [0.1, 0.15) is 11.1 Å². The van der Waals surface area contributed by atoms with Crippen molar-refractivity contribution < 1.29 is 73.7 Å². The molecule has 2 rings (SSSR count). The fourth-order valence-corrected chi connectivity index (χ4v) is 5.05. The van der Waals surface area contributed by atoms with Gasteiger partial charge in [-0.2, -0.15) is 4.33 Å². The van der Waals surface area contributed by atoms with Crippen LogP contribution in [0.4, 0.5) is 0 Å². The first-order valence-electron chi connectivity index (χ1n) is 6.88. The zero-order valence-corrected chi connectivity index (χ0v) is 19.1. The molecule has 0 unspecified atom stereocenters. The van der Waals surface area contributed by atoms with E-state index in [1.807, 2.05) is 0 Å². The molecule has 0 radical (unpaired) electrons. The molecule has 29 heavy (non-hydrogen) atoms. The van der Waals surface area contributed by atoms with Crippen LogP contribution in [0.5, 0.6) is 0 Å². The smallest absolute Gasteiger partial charge is 0.748 e.